The lowest BCUT2D eigenvalue weighted by atomic mass is 9.88. The molecule has 0 spiro atoms. The SMILES string of the molecule is C/C=N\N1C(C(=O)OC)=C(O)c2c(Cl)ccc(-c3ccccc3)c2/C1=C\CC.CC. The Kier molecular flexibility index (Phi) is 8.25. The summed E-state index contributed by atoms with van der Waals surface area (Å²) < 4.78 is 4.89. The van der Waals surface area contributed by atoms with Crippen molar-refractivity contribution < 1.29 is 14.6 Å². The maximum absolute atomic E-state index is 12.5. The number of fused-ring (bicyclic) bond motifs is 1. The zero-order chi connectivity index (χ0) is 22.3. The molecule has 0 radical (unpaired) electrons. The van der Waals surface area contributed by atoms with Crippen LogP contribution in [0.15, 0.2) is 59.3 Å². The number of ether oxygens (including phenoxy) is 1. The molecule has 30 heavy (non-hydrogen) atoms. The molecule has 2 aromatic rings. The van der Waals surface area contributed by atoms with E-state index in [-0.39, 0.29) is 11.5 Å². The molecule has 0 fully saturated rings. The topological polar surface area (TPSA) is 62.1 Å². The van der Waals surface area contributed by atoms with Crippen molar-refractivity contribution in [1.82, 2.24) is 5.01 Å². The van der Waals surface area contributed by atoms with E-state index < -0.39 is 5.97 Å². The zero-order valence-corrected chi connectivity index (χ0v) is 18.7. The third-order valence-corrected chi connectivity index (χ3v) is 4.72. The van der Waals surface area contributed by atoms with Crippen molar-refractivity contribution in [2.45, 2.75) is 34.1 Å². The van der Waals surface area contributed by atoms with Gasteiger partial charge >= 0.3 is 5.97 Å². The van der Waals surface area contributed by atoms with Gasteiger partial charge in [-0.25, -0.2) is 9.80 Å². The van der Waals surface area contributed by atoms with Gasteiger partial charge in [0.2, 0.25) is 0 Å². The molecular weight excluding hydrogens is 400 g/mol. The maximum Gasteiger partial charge on any atom is 0.360 e. The number of rotatable bonds is 4. The van der Waals surface area contributed by atoms with E-state index in [4.69, 9.17) is 16.3 Å². The summed E-state index contributed by atoms with van der Waals surface area (Å²) >= 11 is 6.47. The van der Waals surface area contributed by atoms with Crippen LogP contribution in [0.2, 0.25) is 5.02 Å². The van der Waals surface area contributed by atoms with E-state index in [0.29, 0.717) is 22.7 Å². The van der Waals surface area contributed by atoms with E-state index in [0.717, 1.165) is 16.7 Å². The molecule has 0 unspecified atom stereocenters. The second-order valence-corrected chi connectivity index (χ2v) is 6.49. The molecule has 158 valence electrons. The van der Waals surface area contributed by atoms with Gasteiger partial charge in [0.15, 0.2) is 11.5 Å². The Morgan fingerprint density at radius 3 is 2.40 bits per heavy atom. The van der Waals surface area contributed by atoms with Crippen LogP contribution in [0.3, 0.4) is 0 Å². The van der Waals surface area contributed by atoms with E-state index in [1.807, 2.05) is 63.2 Å². The normalized spacial score (nSPS) is 14.5. The molecule has 0 amide bonds. The second-order valence-electron chi connectivity index (χ2n) is 6.08. The smallest absolute Gasteiger partial charge is 0.360 e. The highest BCUT2D eigenvalue weighted by Gasteiger charge is 2.36. The monoisotopic (exact) mass is 426 g/mol. The zero-order valence-electron chi connectivity index (χ0n) is 17.9. The number of esters is 1. The van der Waals surface area contributed by atoms with E-state index in [1.54, 1.807) is 19.2 Å². The van der Waals surface area contributed by atoms with Gasteiger partial charge in [-0.15, -0.1) is 0 Å². The van der Waals surface area contributed by atoms with Crippen molar-refractivity contribution in [3.63, 3.8) is 0 Å². The predicted octanol–water partition coefficient (Wildman–Crippen LogP) is 6.51. The summed E-state index contributed by atoms with van der Waals surface area (Å²) in [7, 11) is 1.26. The lowest BCUT2D eigenvalue weighted by Crippen LogP contribution is -2.29. The van der Waals surface area contributed by atoms with E-state index >= 15 is 0 Å². The fraction of sp³-hybridized carbons (Fsp3) is 0.250. The summed E-state index contributed by atoms with van der Waals surface area (Å²) in [6, 6.07) is 13.4. The number of carbonyl (C=O) groups excluding carboxylic acids is 1. The molecule has 1 aliphatic rings. The van der Waals surface area contributed by atoms with E-state index in [1.165, 1.54) is 12.1 Å². The highest BCUT2D eigenvalue weighted by Crippen LogP contribution is 2.45. The van der Waals surface area contributed by atoms with Crippen molar-refractivity contribution in [2.24, 2.45) is 5.10 Å². The molecule has 3 rings (SSSR count). The average molecular weight is 427 g/mol. The number of halogens is 1. The Hall–Kier alpha value is -3.05. The number of nitrogens with zero attached hydrogens (tertiary/aromatic N) is 2. The van der Waals surface area contributed by atoms with Crippen molar-refractivity contribution in [2.75, 3.05) is 7.11 Å². The fourth-order valence-electron chi connectivity index (χ4n) is 3.28. The Labute approximate surface area is 182 Å². The lowest BCUT2D eigenvalue weighted by molar-refractivity contribution is -0.137. The molecule has 0 bridgehead atoms. The van der Waals surface area contributed by atoms with Gasteiger partial charge in [-0.05, 0) is 30.5 Å². The lowest BCUT2D eigenvalue weighted by Gasteiger charge is -2.32. The fourth-order valence-corrected chi connectivity index (χ4v) is 3.52. The summed E-state index contributed by atoms with van der Waals surface area (Å²) in [6.45, 7) is 7.73. The molecular formula is C24H27ClN2O3. The Morgan fingerprint density at radius 1 is 1.17 bits per heavy atom. The largest absolute Gasteiger partial charge is 0.505 e. The molecule has 0 saturated carbocycles. The van der Waals surface area contributed by atoms with Crippen LogP contribution >= 0.6 is 11.6 Å². The number of carbonyl (C=O) groups is 1. The van der Waals surface area contributed by atoms with Crippen LogP contribution in [0.25, 0.3) is 22.6 Å². The predicted molar refractivity (Wildman–Crippen MR) is 124 cm³/mol. The molecule has 5 nitrogen and oxygen atoms in total. The van der Waals surface area contributed by atoms with Gasteiger partial charge in [-0.1, -0.05) is 74.8 Å². The van der Waals surface area contributed by atoms with Gasteiger partial charge in [0.1, 0.15) is 0 Å². The van der Waals surface area contributed by atoms with E-state index in [2.05, 4.69) is 5.10 Å². The van der Waals surface area contributed by atoms with Crippen molar-refractivity contribution >= 4 is 35.2 Å². The average Bonchev–Trinajstić information content (AvgIpc) is 2.78. The molecule has 1 N–H and O–H groups in total. The minimum absolute atomic E-state index is 0.0695. The molecule has 1 aliphatic heterocycles. The Bertz CT molecular complexity index is 995. The quantitative estimate of drug-likeness (QED) is 0.447. The number of aliphatic hydroxyl groups excluding tert-OH is 1. The number of hydrogen-bond acceptors (Lipinski definition) is 5. The number of benzene rings is 2. The molecule has 1 heterocycles. The molecule has 2 aromatic carbocycles. The van der Waals surface area contributed by atoms with Crippen LogP contribution in [-0.4, -0.2) is 29.4 Å². The van der Waals surface area contributed by atoms with Crippen LogP contribution in [-0.2, 0) is 9.53 Å². The Balaban J connectivity index is 0.00000155. The van der Waals surface area contributed by atoms with Crippen LogP contribution in [0, 0.1) is 0 Å². The second kappa shape index (κ2) is 10.6. The number of hydrazone groups is 1. The Morgan fingerprint density at radius 2 is 1.83 bits per heavy atom. The third-order valence-electron chi connectivity index (χ3n) is 4.40. The summed E-state index contributed by atoms with van der Waals surface area (Å²) in [6.07, 6.45) is 4.20. The molecule has 0 atom stereocenters. The van der Waals surface area contributed by atoms with Crippen molar-refractivity contribution in [1.29, 1.82) is 0 Å². The number of allylic oxidation sites excluding steroid dienone is 1. The van der Waals surface area contributed by atoms with Crippen molar-refractivity contribution in [3.8, 4) is 11.1 Å². The van der Waals surface area contributed by atoms with E-state index in [9.17, 15) is 9.90 Å². The van der Waals surface area contributed by atoms with Crippen LogP contribution in [0.5, 0.6) is 0 Å². The first-order valence-corrected chi connectivity index (χ1v) is 10.3. The first-order chi connectivity index (χ1) is 14.5. The summed E-state index contributed by atoms with van der Waals surface area (Å²) in [5.74, 6) is -0.958. The van der Waals surface area contributed by atoms with Gasteiger partial charge in [-0.3, -0.25) is 0 Å². The molecule has 6 heteroatoms. The van der Waals surface area contributed by atoms with Crippen LogP contribution < -0.4 is 0 Å². The number of aliphatic hydroxyl groups is 1. The highest BCUT2D eigenvalue weighted by molar-refractivity contribution is 6.33. The summed E-state index contributed by atoms with van der Waals surface area (Å²) in [5.41, 5.74) is 3.55. The molecule has 0 saturated heterocycles. The summed E-state index contributed by atoms with van der Waals surface area (Å²) in [5, 5.41) is 17.1. The third kappa shape index (κ3) is 4.26. The maximum atomic E-state index is 12.5. The van der Waals surface area contributed by atoms with Crippen LogP contribution in [0.1, 0.15) is 45.2 Å². The molecule has 0 aliphatic carbocycles. The van der Waals surface area contributed by atoms with Crippen molar-refractivity contribution in [3.05, 3.63) is 70.4 Å². The standard InChI is InChI=1S/C22H21ClN2O3.C2H6/c1-4-9-17-18-15(14-10-7-6-8-11-14)12-13-16(23)19(18)21(26)20(22(27)28-3)25(17)24-5-2;1-2/h5-13,26H,4H2,1-3H3;1-2H3/b17-9+,24-5-;. The molecule has 0 aromatic heterocycles. The minimum Gasteiger partial charge on any atom is -0.505 e. The number of hydrogen-bond donors (Lipinski definition) is 1. The van der Waals surface area contributed by atoms with Gasteiger partial charge in [0.05, 0.1) is 17.8 Å². The van der Waals surface area contributed by atoms with Gasteiger partial charge in [0.25, 0.3) is 0 Å². The van der Waals surface area contributed by atoms with Gasteiger partial charge in [0, 0.05) is 17.3 Å². The minimum atomic E-state index is -0.697. The van der Waals surface area contributed by atoms with Crippen LogP contribution in [0.4, 0.5) is 0 Å². The van der Waals surface area contributed by atoms with Gasteiger partial charge in [-0.2, -0.15) is 5.10 Å². The highest BCUT2D eigenvalue weighted by atomic mass is 35.5. The first-order valence-electron chi connectivity index (χ1n) is 9.94. The number of methoxy groups -OCH3 is 1. The summed E-state index contributed by atoms with van der Waals surface area (Å²) in [4.78, 5) is 12.5. The van der Waals surface area contributed by atoms with Gasteiger partial charge < -0.3 is 9.84 Å². The first kappa shape index (κ1) is 23.2.